The minimum absolute atomic E-state index is 0.0197. The fourth-order valence-electron chi connectivity index (χ4n) is 0.687. The molecule has 2 nitrogen and oxygen atoms in total. The maximum absolute atomic E-state index is 12.6. The van der Waals surface area contributed by atoms with Crippen molar-refractivity contribution in [1.82, 2.24) is 0 Å². The number of carbonyl (C=O) groups excluding carboxylic acids is 1. The number of carbonyl (C=O) groups is 1. The van der Waals surface area contributed by atoms with Crippen molar-refractivity contribution in [3.05, 3.63) is 29.0 Å². The van der Waals surface area contributed by atoms with Crippen molar-refractivity contribution in [2.75, 3.05) is 5.32 Å². The SMILES string of the molecule is O=C(Br)Nc1ccc(F)c(Cl)c1. The molecule has 0 aromatic heterocycles. The van der Waals surface area contributed by atoms with Crippen LogP contribution < -0.4 is 5.32 Å². The number of anilines is 1. The average Bonchev–Trinajstić information content (AvgIpc) is 1.96. The predicted molar refractivity (Wildman–Crippen MR) is 49.4 cm³/mol. The Morgan fingerprint density at radius 3 is 2.75 bits per heavy atom. The summed E-state index contributed by atoms with van der Waals surface area (Å²) in [6, 6.07) is 3.93. The summed E-state index contributed by atoms with van der Waals surface area (Å²) in [6.07, 6.45) is 0. The first-order valence-corrected chi connectivity index (χ1v) is 4.18. The Hall–Kier alpha value is -0.610. The summed E-state index contributed by atoms with van der Waals surface area (Å²) in [5.41, 5.74) is 0.447. The highest BCUT2D eigenvalue weighted by atomic mass is 79.9. The Morgan fingerprint density at radius 1 is 1.58 bits per heavy atom. The van der Waals surface area contributed by atoms with Gasteiger partial charge < -0.3 is 5.32 Å². The number of benzene rings is 1. The first-order valence-electron chi connectivity index (χ1n) is 3.01. The maximum atomic E-state index is 12.6. The molecule has 64 valence electrons. The molecule has 0 unspecified atom stereocenters. The molecule has 1 aromatic rings. The molecule has 1 aromatic carbocycles. The van der Waals surface area contributed by atoms with Gasteiger partial charge in [-0.15, -0.1) is 0 Å². The van der Waals surface area contributed by atoms with Crippen molar-refractivity contribution < 1.29 is 9.18 Å². The van der Waals surface area contributed by atoms with Gasteiger partial charge in [0.15, 0.2) is 0 Å². The first kappa shape index (κ1) is 9.48. The fraction of sp³-hybridized carbons (Fsp3) is 0. The van der Waals surface area contributed by atoms with Crippen molar-refractivity contribution in [2.45, 2.75) is 0 Å². The monoisotopic (exact) mass is 251 g/mol. The summed E-state index contributed by atoms with van der Waals surface area (Å²) in [5.74, 6) is -0.510. The van der Waals surface area contributed by atoms with Gasteiger partial charge in [0.1, 0.15) is 5.82 Å². The van der Waals surface area contributed by atoms with E-state index in [0.29, 0.717) is 5.69 Å². The number of rotatable bonds is 1. The molecule has 1 rings (SSSR count). The lowest BCUT2D eigenvalue weighted by Gasteiger charge is -2.00. The van der Waals surface area contributed by atoms with Gasteiger partial charge >= 0.3 is 0 Å². The van der Waals surface area contributed by atoms with Crippen LogP contribution in [-0.2, 0) is 0 Å². The second kappa shape index (κ2) is 3.87. The standard InChI is InChI=1S/C7H4BrClFNO/c8-7(12)11-4-1-2-6(10)5(9)3-4/h1-3H,(H,11,12). The molecule has 0 aliphatic heterocycles. The third-order valence-corrected chi connectivity index (χ3v) is 1.65. The minimum atomic E-state index is -0.510. The third-order valence-electron chi connectivity index (χ3n) is 1.16. The maximum Gasteiger partial charge on any atom is 0.291 e. The molecule has 0 atom stereocenters. The van der Waals surface area contributed by atoms with E-state index in [1.165, 1.54) is 18.2 Å². The molecule has 0 aliphatic carbocycles. The molecule has 1 amide bonds. The molecule has 0 radical (unpaired) electrons. The van der Waals surface area contributed by atoms with Crippen LogP contribution in [0.4, 0.5) is 14.9 Å². The molecule has 0 saturated carbocycles. The summed E-state index contributed by atoms with van der Waals surface area (Å²) in [6.45, 7) is 0. The third kappa shape index (κ3) is 2.46. The van der Waals surface area contributed by atoms with Gasteiger partial charge in [-0.3, -0.25) is 4.79 Å². The Bertz CT molecular complexity index is 318. The van der Waals surface area contributed by atoms with Crippen molar-refractivity contribution in [3.8, 4) is 0 Å². The lowest BCUT2D eigenvalue weighted by Crippen LogP contribution is -2.00. The van der Waals surface area contributed by atoms with Crippen LogP contribution in [0.3, 0.4) is 0 Å². The summed E-state index contributed by atoms with van der Waals surface area (Å²) >= 11 is 8.12. The second-order valence-electron chi connectivity index (χ2n) is 2.03. The number of nitrogens with one attached hydrogen (secondary N) is 1. The van der Waals surface area contributed by atoms with Crippen LogP contribution in [0, 0.1) is 5.82 Å². The Labute approximate surface area is 81.8 Å². The van der Waals surface area contributed by atoms with Gasteiger partial charge in [0.25, 0.3) is 4.82 Å². The van der Waals surface area contributed by atoms with Crippen LogP contribution in [0.25, 0.3) is 0 Å². The fourth-order valence-corrected chi connectivity index (χ4v) is 1.10. The molecule has 1 N–H and O–H groups in total. The Morgan fingerprint density at radius 2 is 2.25 bits per heavy atom. The number of hydrogen-bond acceptors (Lipinski definition) is 1. The van der Waals surface area contributed by atoms with E-state index >= 15 is 0 Å². The number of halogens is 3. The van der Waals surface area contributed by atoms with Gasteiger partial charge in [-0.2, -0.15) is 0 Å². The predicted octanol–water partition coefficient (Wildman–Crippen LogP) is 3.41. The van der Waals surface area contributed by atoms with E-state index in [1.54, 1.807) is 0 Å². The van der Waals surface area contributed by atoms with Crippen LogP contribution >= 0.6 is 27.5 Å². The van der Waals surface area contributed by atoms with Crippen LogP contribution in [-0.4, -0.2) is 4.82 Å². The Balaban J connectivity index is 2.89. The molecular formula is C7H4BrClFNO. The molecule has 5 heteroatoms. The van der Waals surface area contributed by atoms with E-state index in [-0.39, 0.29) is 5.02 Å². The van der Waals surface area contributed by atoms with E-state index < -0.39 is 10.6 Å². The molecular weight excluding hydrogens is 248 g/mol. The topological polar surface area (TPSA) is 29.1 Å². The molecule has 0 bridgehead atoms. The van der Waals surface area contributed by atoms with Crippen molar-refractivity contribution in [3.63, 3.8) is 0 Å². The normalized spacial score (nSPS) is 9.58. The lowest BCUT2D eigenvalue weighted by molar-refractivity contribution is 0.270. The van der Waals surface area contributed by atoms with Crippen molar-refractivity contribution >= 4 is 38.0 Å². The van der Waals surface area contributed by atoms with E-state index in [9.17, 15) is 9.18 Å². The van der Waals surface area contributed by atoms with Gasteiger partial charge in [0.2, 0.25) is 0 Å². The quantitative estimate of drug-likeness (QED) is 0.602. The van der Waals surface area contributed by atoms with E-state index in [1.807, 2.05) is 0 Å². The van der Waals surface area contributed by atoms with Crippen LogP contribution in [0.1, 0.15) is 0 Å². The zero-order valence-corrected chi connectivity index (χ0v) is 8.12. The highest BCUT2D eigenvalue weighted by molar-refractivity contribution is 9.18. The van der Waals surface area contributed by atoms with Crippen LogP contribution in [0.5, 0.6) is 0 Å². The highest BCUT2D eigenvalue weighted by Crippen LogP contribution is 2.19. The van der Waals surface area contributed by atoms with Gasteiger partial charge in [-0.1, -0.05) is 11.6 Å². The van der Waals surface area contributed by atoms with E-state index in [4.69, 9.17) is 11.6 Å². The summed E-state index contributed by atoms with van der Waals surface area (Å²) in [4.78, 5) is 10.1. The van der Waals surface area contributed by atoms with Crippen molar-refractivity contribution in [2.24, 2.45) is 0 Å². The van der Waals surface area contributed by atoms with E-state index in [0.717, 1.165) is 0 Å². The zero-order chi connectivity index (χ0) is 9.14. The van der Waals surface area contributed by atoms with Crippen LogP contribution in [0.15, 0.2) is 18.2 Å². The Kier molecular flexibility index (Phi) is 3.05. The molecule has 0 aliphatic rings. The summed E-state index contributed by atoms with van der Waals surface area (Å²) < 4.78 is 12.6. The molecule has 12 heavy (non-hydrogen) atoms. The van der Waals surface area contributed by atoms with Gasteiger partial charge in [0, 0.05) is 21.6 Å². The van der Waals surface area contributed by atoms with E-state index in [2.05, 4.69) is 21.2 Å². The molecule has 0 saturated heterocycles. The number of hydrogen-bond donors (Lipinski definition) is 1. The number of amides is 1. The zero-order valence-electron chi connectivity index (χ0n) is 5.77. The lowest BCUT2D eigenvalue weighted by atomic mass is 10.3. The summed E-state index contributed by atoms with van der Waals surface area (Å²) in [7, 11) is 0. The largest absolute Gasteiger partial charge is 0.316 e. The smallest absolute Gasteiger partial charge is 0.291 e. The highest BCUT2D eigenvalue weighted by Gasteiger charge is 2.01. The molecule has 0 heterocycles. The molecule has 0 spiro atoms. The average molecular weight is 252 g/mol. The van der Waals surface area contributed by atoms with Gasteiger partial charge in [-0.05, 0) is 18.2 Å². The van der Waals surface area contributed by atoms with Crippen molar-refractivity contribution in [1.29, 1.82) is 0 Å². The van der Waals surface area contributed by atoms with Gasteiger partial charge in [-0.25, -0.2) is 4.39 Å². The first-order chi connectivity index (χ1) is 5.59. The second-order valence-corrected chi connectivity index (χ2v) is 3.16. The molecule has 0 fully saturated rings. The van der Waals surface area contributed by atoms with Gasteiger partial charge in [0.05, 0.1) is 5.02 Å². The minimum Gasteiger partial charge on any atom is -0.316 e. The van der Waals surface area contributed by atoms with Crippen LogP contribution in [0.2, 0.25) is 5.02 Å². The summed E-state index contributed by atoms with van der Waals surface area (Å²) in [5, 5.41) is 2.38.